The zero-order valence-electron chi connectivity index (χ0n) is 11.2. The molecule has 2 rings (SSSR count). The number of benzene rings is 1. The first-order chi connectivity index (χ1) is 10.0. The first-order valence-corrected chi connectivity index (χ1v) is 6.14. The van der Waals surface area contributed by atoms with Gasteiger partial charge in [0.2, 0.25) is 6.23 Å². The summed E-state index contributed by atoms with van der Waals surface area (Å²) in [6.45, 7) is 1.19. The van der Waals surface area contributed by atoms with Crippen LogP contribution in [0.5, 0.6) is 0 Å². The Balaban J connectivity index is 2.47. The van der Waals surface area contributed by atoms with Crippen molar-refractivity contribution in [1.29, 1.82) is 5.26 Å². The SMILES string of the molecule is C[C@H]1CN(c2ccc(C#N)c(C(F)(F)F)c2)[C@@H](C(F)(F)F)O1. The van der Waals surface area contributed by atoms with Gasteiger partial charge >= 0.3 is 12.4 Å². The van der Waals surface area contributed by atoms with Gasteiger partial charge in [-0.25, -0.2) is 0 Å². The van der Waals surface area contributed by atoms with Gasteiger partial charge in [-0.3, -0.25) is 0 Å². The fourth-order valence-electron chi connectivity index (χ4n) is 2.25. The first kappa shape index (κ1) is 16.4. The number of hydrogen-bond donors (Lipinski definition) is 0. The van der Waals surface area contributed by atoms with Crippen molar-refractivity contribution in [3.05, 3.63) is 29.3 Å². The monoisotopic (exact) mass is 324 g/mol. The van der Waals surface area contributed by atoms with E-state index in [9.17, 15) is 26.3 Å². The average Bonchev–Trinajstić information content (AvgIpc) is 2.79. The van der Waals surface area contributed by atoms with E-state index in [0.717, 1.165) is 12.1 Å². The minimum Gasteiger partial charge on any atom is -0.345 e. The van der Waals surface area contributed by atoms with Gasteiger partial charge in [0.15, 0.2) is 0 Å². The number of rotatable bonds is 1. The Labute approximate surface area is 121 Å². The Morgan fingerprint density at radius 2 is 1.86 bits per heavy atom. The molecule has 0 bridgehead atoms. The van der Waals surface area contributed by atoms with Gasteiger partial charge in [-0.1, -0.05) is 0 Å². The van der Waals surface area contributed by atoms with Crippen molar-refractivity contribution >= 4 is 5.69 Å². The summed E-state index contributed by atoms with van der Waals surface area (Å²) < 4.78 is 82.1. The predicted molar refractivity (Wildman–Crippen MR) is 63.9 cm³/mol. The molecule has 1 heterocycles. The molecule has 0 N–H and O–H groups in total. The van der Waals surface area contributed by atoms with Crippen molar-refractivity contribution in [2.45, 2.75) is 31.6 Å². The average molecular weight is 324 g/mol. The predicted octanol–water partition coefficient (Wildman–Crippen LogP) is 3.69. The van der Waals surface area contributed by atoms with Crippen LogP contribution in [0, 0.1) is 11.3 Å². The highest BCUT2D eigenvalue weighted by Crippen LogP contribution is 2.38. The van der Waals surface area contributed by atoms with E-state index in [-0.39, 0.29) is 12.2 Å². The van der Waals surface area contributed by atoms with E-state index >= 15 is 0 Å². The zero-order valence-corrected chi connectivity index (χ0v) is 11.2. The van der Waals surface area contributed by atoms with Crippen LogP contribution in [0.2, 0.25) is 0 Å². The van der Waals surface area contributed by atoms with Crippen LogP contribution in [0.4, 0.5) is 32.0 Å². The molecule has 1 saturated heterocycles. The van der Waals surface area contributed by atoms with Crippen molar-refractivity contribution in [2.75, 3.05) is 11.4 Å². The summed E-state index contributed by atoms with van der Waals surface area (Å²) in [5, 5.41) is 8.69. The zero-order chi connectivity index (χ0) is 16.7. The standard InChI is InChI=1S/C13H10F6N2O/c1-7-6-21(11(22-7)13(17,18)19)9-3-2-8(5-20)10(4-9)12(14,15)16/h2-4,7,11H,6H2,1H3/t7-,11+/m0/s1. The number of ether oxygens (including phenoxy) is 1. The van der Waals surface area contributed by atoms with Crippen molar-refractivity contribution in [3.8, 4) is 6.07 Å². The molecule has 1 aliphatic rings. The van der Waals surface area contributed by atoms with Crippen LogP contribution in [-0.2, 0) is 10.9 Å². The number of hydrogen-bond acceptors (Lipinski definition) is 3. The Bertz CT molecular complexity index is 604. The molecule has 0 radical (unpaired) electrons. The van der Waals surface area contributed by atoms with Crippen molar-refractivity contribution in [2.24, 2.45) is 0 Å². The fraction of sp³-hybridized carbons (Fsp3) is 0.462. The molecule has 120 valence electrons. The van der Waals surface area contributed by atoms with Gasteiger partial charge in [0.25, 0.3) is 0 Å². The van der Waals surface area contributed by atoms with Crippen LogP contribution >= 0.6 is 0 Å². The maximum Gasteiger partial charge on any atom is 0.433 e. The molecule has 0 saturated carbocycles. The van der Waals surface area contributed by atoms with E-state index in [4.69, 9.17) is 10.00 Å². The van der Waals surface area contributed by atoms with Crippen molar-refractivity contribution in [1.82, 2.24) is 0 Å². The highest BCUT2D eigenvalue weighted by Gasteiger charge is 2.50. The summed E-state index contributed by atoms with van der Waals surface area (Å²) in [6, 6.07) is 3.82. The maximum absolute atomic E-state index is 12.9. The fourth-order valence-corrected chi connectivity index (χ4v) is 2.25. The van der Waals surface area contributed by atoms with Crippen LogP contribution in [-0.4, -0.2) is 25.1 Å². The number of halogens is 6. The van der Waals surface area contributed by atoms with E-state index in [1.165, 1.54) is 13.0 Å². The van der Waals surface area contributed by atoms with Crippen molar-refractivity contribution in [3.63, 3.8) is 0 Å². The summed E-state index contributed by atoms with van der Waals surface area (Å²) in [5.74, 6) is 0. The normalized spacial score (nSPS) is 22.7. The third-order valence-electron chi connectivity index (χ3n) is 3.14. The molecule has 9 heteroatoms. The minimum atomic E-state index is -4.83. The van der Waals surface area contributed by atoms with Gasteiger partial charge in [-0.15, -0.1) is 0 Å². The van der Waals surface area contributed by atoms with Crippen molar-refractivity contribution < 1.29 is 31.1 Å². The molecule has 2 atom stereocenters. The molecule has 1 fully saturated rings. The molecule has 0 unspecified atom stereocenters. The van der Waals surface area contributed by atoms with Gasteiger partial charge in [0.05, 0.1) is 23.3 Å². The second-order valence-corrected chi connectivity index (χ2v) is 4.83. The van der Waals surface area contributed by atoms with Crippen LogP contribution in [0.25, 0.3) is 0 Å². The summed E-state index contributed by atoms with van der Waals surface area (Å²) >= 11 is 0. The first-order valence-electron chi connectivity index (χ1n) is 6.14. The minimum absolute atomic E-state index is 0.201. The molecule has 1 aromatic rings. The lowest BCUT2D eigenvalue weighted by Gasteiger charge is -2.27. The third-order valence-corrected chi connectivity index (χ3v) is 3.14. The number of alkyl halides is 6. The van der Waals surface area contributed by atoms with Gasteiger partial charge in [-0.2, -0.15) is 31.6 Å². The third kappa shape index (κ3) is 3.11. The molecule has 1 aromatic carbocycles. The molecule has 22 heavy (non-hydrogen) atoms. The molecule has 0 spiro atoms. The lowest BCUT2D eigenvalue weighted by Crippen LogP contribution is -2.42. The Kier molecular flexibility index (Phi) is 4.00. The summed E-state index contributed by atoms with van der Waals surface area (Å²) in [6.07, 6.45) is -12.7. The molecular formula is C13H10F6N2O. The number of nitriles is 1. The van der Waals surface area contributed by atoms with Crippen LogP contribution in [0.3, 0.4) is 0 Å². The van der Waals surface area contributed by atoms with Gasteiger partial charge in [-0.05, 0) is 25.1 Å². The topological polar surface area (TPSA) is 36.3 Å². The highest BCUT2D eigenvalue weighted by molar-refractivity contribution is 5.56. The number of nitrogens with zero attached hydrogens (tertiary/aromatic N) is 2. The molecule has 0 aromatic heterocycles. The van der Waals surface area contributed by atoms with E-state index in [1.807, 2.05) is 0 Å². The van der Waals surface area contributed by atoms with Crippen LogP contribution in [0.1, 0.15) is 18.1 Å². The second kappa shape index (κ2) is 5.35. The Morgan fingerprint density at radius 1 is 1.23 bits per heavy atom. The summed E-state index contributed by atoms with van der Waals surface area (Å²) in [4.78, 5) is 0.709. The maximum atomic E-state index is 12.9. The van der Waals surface area contributed by atoms with E-state index < -0.39 is 35.8 Å². The van der Waals surface area contributed by atoms with E-state index in [2.05, 4.69) is 0 Å². The lowest BCUT2D eigenvalue weighted by atomic mass is 10.1. The molecule has 1 aliphatic heterocycles. The van der Waals surface area contributed by atoms with Crippen LogP contribution < -0.4 is 4.90 Å². The van der Waals surface area contributed by atoms with Gasteiger partial charge in [0, 0.05) is 12.2 Å². The molecular weight excluding hydrogens is 314 g/mol. The summed E-state index contributed by atoms with van der Waals surface area (Å²) in [7, 11) is 0. The van der Waals surface area contributed by atoms with Crippen LogP contribution in [0.15, 0.2) is 18.2 Å². The lowest BCUT2D eigenvalue weighted by molar-refractivity contribution is -0.212. The van der Waals surface area contributed by atoms with E-state index in [0.29, 0.717) is 11.0 Å². The second-order valence-electron chi connectivity index (χ2n) is 4.83. The summed E-state index contributed by atoms with van der Waals surface area (Å²) in [5.41, 5.74) is -2.21. The van der Waals surface area contributed by atoms with Gasteiger partial charge < -0.3 is 9.64 Å². The quantitative estimate of drug-likeness (QED) is 0.739. The largest absolute Gasteiger partial charge is 0.433 e. The Morgan fingerprint density at radius 3 is 2.36 bits per heavy atom. The molecule has 0 aliphatic carbocycles. The molecule has 3 nitrogen and oxygen atoms in total. The number of anilines is 1. The highest BCUT2D eigenvalue weighted by atomic mass is 19.4. The van der Waals surface area contributed by atoms with Gasteiger partial charge in [0.1, 0.15) is 0 Å². The Hall–Kier alpha value is -1.95. The molecule has 0 amide bonds. The smallest absolute Gasteiger partial charge is 0.345 e. The van der Waals surface area contributed by atoms with E-state index in [1.54, 1.807) is 0 Å².